The van der Waals surface area contributed by atoms with E-state index in [2.05, 4.69) is 15.5 Å². The van der Waals surface area contributed by atoms with Gasteiger partial charge in [-0.15, -0.1) is 10.2 Å². The van der Waals surface area contributed by atoms with E-state index in [0.29, 0.717) is 16.7 Å². The van der Waals surface area contributed by atoms with Crippen molar-refractivity contribution in [3.05, 3.63) is 58.9 Å². The fourth-order valence-corrected chi connectivity index (χ4v) is 3.12. The maximum absolute atomic E-state index is 13.1. The maximum Gasteiger partial charge on any atom is 0.234 e. The number of nitrogens with one attached hydrogen (secondary N) is 1. The SMILES string of the molecule is Cc1ccccc1-c1nnc(SCC(=O)Nc2ccc(F)c(Cl)c2)n1N. The summed E-state index contributed by atoms with van der Waals surface area (Å²) in [7, 11) is 0. The lowest BCUT2D eigenvalue weighted by Crippen LogP contribution is -2.16. The molecule has 6 nitrogen and oxygen atoms in total. The monoisotopic (exact) mass is 391 g/mol. The van der Waals surface area contributed by atoms with Crippen molar-refractivity contribution >= 4 is 35.0 Å². The van der Waals surface area contributed by atoms with Crippen LogP contribution in [0.1, 0.15) is 5.56 Å². The van der Waals surface area contributed by atoms with Crippen molar-refractivity contribution in [3.63, 3.8) is 0 Å². The number of thioether (sulfide) groups is 1. The molecule has 3 N–H and O–H groups in total. The second-order valence-electron chi connectivity index (χ2n) is 5.46. The molecule has 3 rings (SSSR count). The van der Waals surface area contributed by atoms with Crippen molar-refractivity contribution in [1.29, 1.82) is 0 Å². The first-order valence-corrected chi connectivity index (χ1v) is 8.96. The van der Waals surface area contributed by atoms with Gasteiger partial charge in [0.1, 0.15) is 5.82 Å². The van der Waals surface area contributed by atoms with Crippen LogP contribution in [0.3, 0.4) is 0 Å². The van der Waals surface area contributed by atoms with Gasteiger partial charge in [-0.2, -0.15) is 0 Å². The second kappa shape index (κ2) is 7.76. The molecule has 0 atom stereocenters. The summed E-state index contributed by atoms with van der Waals surface area (Å²) in [6.45, 7) is 1.96. The number of aromatic nitrogens is 3. The van der Waals surface area contributed by atoms with E-state index in [0.717, 1.165) is 22.9 Å². The first-order valence-electron chi connectivity index (χ1n) is 7.60. The van der Waals surface area contributed by atoms with Gasteiger partial charge in [0.05, 0.1) is 10.8 Å². The molecule has 1 amide bonds. The van der Waals surface area contributed by atoms with Crippen molar-refractivity contribution in [2.45, 2.75) is 12.1 Å². The highest BCUT2D eigenvalue weighted by Gasteiger charge is 2.15. The van der Waals surface area contributed by atoms with Gasteiger partial charge in [0.15, 0.2) is 5.82 Å². The van der Waals surface area contributed by atoms with Gasteiger partial charge in [0.2, 0.25) is 11.1 Å². The van der Waals surface area contributed by atoms with E-state index >= 15 is 0 Å². The quantitative estimate of drug-likeness (QED) is 0.513. The number of hydrogen-bond acceptors (Lipinski definition) is 5. The number of nitrogens with zero attached hydrogens (tertiary/aromatic N) is 3. The van der Waals surface area contributed by atoms with Crippen molar-refractivity contribution in [1.82, 2.24) is 14.9 Å². The van der Waals surface area contributed by atoms with Crippen molar-refractivity contribution in [3.8, 4) is 11.4 Å². The zero-order chi connectivity index (χ0) is 18.7. The molecule has 9 heteroatoms. The number of halogens is 2. The van der Waals surface area contributed by atoms with Crippen molar-refractivity contribution < 1.29 is 9.18 Å². The minimum Gasteiger partial charge on any atom is -0.335 e. The van der Waals surface area contributed by atoms with Crippen LogP contribution in [0, 0.1) is 12.7 Å². The molecule has 0 saturated heterocycles. The zero-order valence-corrected chi connectivity index (χ0v) is 15.3. The normalized spacial score (nSPS) is 10.7. The van der Waals surface area contributed by atoms with Crippen LogP contribution < -0.4 is 11.2 Å². The summed E-state index contributed by atoms with van der Waals surface area (Å²) in [4.78, 5) is 12.1. The van der Waals surface area contributed by atoms with Gasteiger partial charge in [-0.3, -0.25) is 4.79 Å². The van der Waals surface area contributed by atoms with Crippen LogP contribution in [0.25, 0.3) is 11.4 Å². The van der Waals surface area contributed by atoms with E-state index in [9.17, 15) is 9.18 Å². The molecular weight excluding hydrogens is 377 g/mol. The molecule has 0 unspecified atom stereocenters. The van der Waals surface area contributed by atoms with Crippen LogP contribution in [0.5, 0.6) is 0 Å². The predicted octanol–water partition coefficient (Wildman–Crippen LogP) is 3.49. The first kappa shape index (κ1) is 18.2. The number of carbonyl (C=O) groups excluding carboxylic acids is 1. The van der Waals surface area contributed by atoms with E-state index in [4.69, 9.17) is 17.4 Å². The number of rotatable bonds is 5. The number of hydrogen-bond donors (Lipinski definition) is 2. The summed E-state index contributed by atoms with van der Waals surface area (Å²) in [5.41, 5.74) is 2.31. The van der Waals surface area contributed by atoms with Crippen LogP contribution in [-0.4, -0.2) is 26.5 Å². The zero-order valence-electron chi connectivity index (χ0n) is 13.7. The number of aryl methyl sites for hydroxylation is 1. The molecule has 2 aromatic carbocycles. The second-order valence-corrected chi connectivity index (χ2v) is 6.81. The fourth-order valence-electron chi connectivity index (χ4n) is 2.28. The van der Waals surface area contributed by atoms with Gasteiger partial charge in [0.25, 0.3) is 0 Å². The van der Waals surface area contributed by atoms with Crippen molar-refractivity contribution in [2.24, 2.45) is 0 Å². The smallest absolute Gasteiger partial charge is 0.234 e. The molecule has 0 fully saturated rings. The van der Waals surface area contributed by atoms with Crippen LogP contribution >= 0.6 is 23.4 Å². The molecular formula is C17H15ClFN5OS. The number of carbonyl (C=O) groups is 1. The molecule has 0 saturated carbocycles. The van der Waals surface area contributed by atoms with Gasteiger partial charge in [0, 0.05) is 11.3 Å². The minimum absolute atomic E-state index is 0.0555. The Hall–Kier alpha value is -2.58. The summed E-state index contributed by atoms with van der Waals surface area (Å²) >= 11 is 6.84. The summed E-state index contributed by atoms with van der Waals surface area (Å²) in [5.74, 6) is 5.82. The fraction of sp³-hybridized carbons (Fsp3) is 0.118. The molecule has 0 bridgehead atoms. The van der Waals surface area contributed by atoms with Crippen LogP contribution in [0.2, 0.25) is 5.02 Å². The highest BCUT2D eigenvalue weighted by molar-refractivity contribution is 7.99. The Morgan fingerprint density at radius 2 is 2.08 bits per heavy atom. The minimum atomic E-state index is -0.543. The van der Waals surface area contributed by atoms with Crippen LogP contribution in [0.4, 0.5) is 10.1 Å². The summed E-state index contributed by atoms with van der Waals surface area (Å²) in [6, 6.07) is 11.7. The molecule has 0 spiro atoms. The Kier molecular flexibility index (Phi) is 5.43. The Morgan fingerprint density at radius 3 is 2.81 bits per heavy atom. The Balaban J connectivity index is 1.66. The van der Waals surface area contributed by atoms with E-state index in [1.807, 2.05) is 31.2 Å². The molecule has 0 aliphatic rings. The average molecular weight is 392 g/mol. The third kappa shape index (κ3) is 3.97. The lowest BCUT2D eigenvalue weighted by Gasteiger charge is -2.07. The number of benzene rings is 2. The number of nitrogen functional groups attached to an aromatic ring is 1. The molecule has 0 aliphatic heterocycles. The Labute approximate surface area is 158 Å². The summed E-state index contributed by atoms with van der Waals surface area (Å²) in [6.07, 6.45) is 0. The molecule has 1 heterocycles. The molecule has 26 heavy (non-hydrogen) atoms. The number of nitrogens with two attached hydrogens (primary N) is 1. The van der Waals surface area contributed by atoms with Gasteiger partial charge >= 0.3 is 0 Å². The van der Waals surface area contributed by atoms with Gasteiger partial charge < -0.3 is 11.2 Å². The third-order valence-electron chi connectivity index (χ3n) is 3.59. The van der Waals surface area contributed by atoms with E-state index in [-0.39, 0.29) is 16.7 Å². The van der Waals surface area contributed by atoms with Gasteiger partial charge in [-0.25, -0.2) is 9.07 Å². The Morgan fingerprint density at radius 1 is 1.31 bits per heavy atom. The Bertz CT molecular complexity index is 962. The van der Waals surface area contributed by atoms with E-state index < -0.39 is 5.82 Å². The van der Waals surface area contributed by atoms with Crippen LogP contribution in [0.15, 0.2) is 47.6 Å². The van der Waals surface area contributed by atoms with Crippen LogP contribution in [-0.2, 0) is 4.79 Å². The number of amides is 1. The first-order chi connectivity index (χ1) is 12.5. The molecule has 134 valence electrons. The summed E-state index contributed by atoms with van der Waals surface area (Å²) in [5, 5.41) is 11.1. The highest BCUT2D eigenvalue weighted by atomic mass is 35.5. The largest absolute Gasteiger partial charge is 0.335 e. The predicted molar refractivity (Wildman–Crippen MR) is 101 cm³/mol. The average Bonchev–Trinajstić information content (AvgIpc) is 2.97. The molecule has 3 aromatic rings. The molecule has 0 aliphatic carbocycles. The topological polar surface area (TPSA) is 85.8 Å². The maximum atomic E-state index is 13.1. The summed E-state index contributed by atoms with van der Waals surface area (Å²) < 4.78 is 14.5. The van der Waals surface area contributed by atoms with Gasteiger partial charge in [-0.05, 0) is 30.7 Å². The van der Waals surface area contributed by atoms with Crippen molar-refractivity contribution in [2.75, 3.05) is 16.9 Å². The number of anilines is 1. The lowest BCUT2D eigenvalue weighted by molar-refractivity contribution is -0.113. The lowest BCUT2D eigenvalue weighted by atomic mass is 10.1. The molecule has 0 radical (unpaired) electrons. The third-order valence-corrected chi connectivity index (χ3v) is 4.82. The van der Waals surface area contributed by atoms with E-state index in [1.54, 1.807) is 0 Å². The molecule has 1 aromatic heterocycles. The highest BCUT2D eigenvalue weighted by Crippen LogP contribution is 2.24. The van der Waals surface area contributed by atoms with Gasteiger partial charge in [-0.1, -0.05) is 47.6 Å². The van der Waals surface area contributed by atoms with E-state index in [1.165, 1.54) is 22.9 Å². The standard InChI is InChI=1S/C17H15ClFN5OS/c1-10-4-2-3-5-12(10)16-22-23-17(24(16)20)26-9-15(25)21-11-6-7-14(19)13(18)8-11/h2-8H,9,20H2,1H3,(H,21,25).